The number of para-hydroxylation sites is 1. The van der Waals surface area contributed by atoms with Crippen LogP contribution in [0.4, 0.5) is 17.1 Å². The van der Waals surface area contributed by atoms with Crippen LogP contribution in [0.15, 0.2) is 60.9 Å². The minimum absolute atomic E-state index is 0.333. The van der Waals surface area contributed by atoms with Crippen LogP contribution < -0.4 is 15.4 Å². The van der Waals surface area contributed by atoms with Crippen molar-refractivity contribution in [1.82, 2.24) is 4.98 Å². The molecule has 26 heavy (non-hydrogen) atoms. The Hall–Kier alpha value is -2.76. The molecule has 0 fully saturated rings. The minimum Gasteiger partial charge on any atom is -0.495 e. The van der Waals surface area contributed by atoms with Crippen molar-refractivity contribution in [3.63, 3.8) is 0 Å². The largest absolute Gasteiger partial charge is 0.495 e. The molecule has 0 radical (unpaired) electrons. The van der Waals surface area contributed by atoms with Crippen LogP contribution in [0.2, 0.25) is 10.0 Å². The fraction of sp³-hybridized carbons (Fsp3) is 0.0526. The number of benzene rings is 2. The summed E-state index contributed by atoms with van der Waals surface area (Å²) >= 11 is 12.1. The maximum atomic E-state index is 12.6. The number of nitrogens with one attached hydrogen (secondary N) is 2. The molecule has 1 aromatic heterocycles. The number of amides is 1. The molecule has 0 aliphatic rings. The monoisotopic (exact) mass is 387 g/mol. The van der Waals surface area contributed by atoms with Crippen molar-refractivity contribution in [2.45, 2.75) is 0 Å². The van der Waals surface area contributed by atoms with Gasteiger partial charge in [-0.3, -0.25) is 9.78 Å². The van der Waals surface area contributed by atoms with Gasteiger partial charge in [0.25, 0.3) is 5.91 Å². The van der Waals surface area contributed by atoms with Gasteiger partial charge in [0.2, 0.25) is 0 Å². The number of hydrogen-bond acceptors (Lipinski definition) is 4. The fourth-order valence-corrected chi connectivity index (χ4v) is 2.68. The van der Waals surface area contributed by atoms with E-state index in [0.717, 1.165) is 5.69 Å². The number of halogens is 2. The van der Waals surface area contributed by atoms with Crippen LogP contribution in [0.3, 0.4) is 0 Å². The van der Waals surface area contributed by atoms with Crippen molar-refractivity contribution >= 4 is 46.2 Å². The van der Waals surface area contributed by atoms with E-state index in [1.54, 1.807) is 36.5 Å². The number of carbonyl (C=O) groups excluding carboxylic acids is 1. The van der Waals surface area contributed by atoms with E-state index in [0.29, 0.717) is 32.7 Å². The lowest BCUT2D eigenvalue weighted by Gasteiger charge is -2.12. The Morgan fingerprint density at radius 1 is 1.04 bits per heavy atom. The number of nitrogens with zero attached hydrogens (tertiary/aromatic N) is 1. The second-order valence-electron chi connectivity index (χ2n) is 5.37. The van der Waals surface area contributed by atoms with Gasteiger partial charge in [0, 0.05) is 11.2 Å². The Kier molecular flexibility index (Phi) is 5.61. The number of ether oxygens (including phenoxy) is 1. The van der Waals surface area contributed by atoms with Crippen molar-refractivity contribution in [3.8, 4) is 5.75 Å². The predicted molar refractivity (Wildman–Crippen MR) is 105 cm³/mol. The van der Waals surface area contributed by atoms with Gasteiger partial charge in [-0.05, 0) is 36.4 Å². The average Bonchev–Trinajstić information content (AvgIpc) is 2.64. The van der Waals surface area contributed by atoms with Gasteiger partial charge in [-0.1, -0.05) is 35.3 Å². The zero-order chi connectivity index (χ0) is 18.5. The van der Waals surface area contributed by atoms with E-state index in [9.17, 15) is 4.79 Å². The molecule has 2 N–H and O–H groups in total. The van der Waals surface area contributed by atoms with E-state index >= 15 is 0 Å². The molecular formula is C19H15Cl2N3O2. The fourth-order valence-electron chi connectivity index (χ4n) is 2.32. The van der Waals surface area contributed by atoms with Gasteiger partial charge in [0.15, 0.2) is 0 Å². The number of rotatable bonds is 5. The summed E-state index contributed by atoms with van der Waals surface area (Å²) in [4.78, 5) is 16.7. The molecule has 3 aromatic rings. The van der Waals surface area contributed by atoms with Gasteiger partial charge >= 0.3 is 0 Å². The molecule has 0 saturated carbocycles. The zero-order valence-corrected chi connectivity index (χ0v) is 15.3. The molecule has 3 rings (SSSR count). The number of anilines is 3. The molecule has 0 saturated heterocycles. The Bertz CT molecular complexity index is 948. The lowest BCUT2D eigenvalue weighted by Crippen LogP contribution is -2.13. The van der Waals surface area contributed by atoms with Crippen LogP contribution in [0.1, 0.15) is 10.4 Å². The third-order valence-corrected chi connectivity index (χ3v) is 4.13. The molecular weight excluding hydrogens is 373 g/mol. The highest BCUT2D eigenvalue weighted by Crippen LogP contribution is 2.29. The number of hydrogen-bond donors (Lipinski definition) is 2. The normalized spacial score (nSPS) is 10.3. The topological polar surface area (TPSA) is 63.2 Å². The number of methoxy groups -OCH3 is 1. The van der Waals surface area contributed by atoms with Gasteiger partial charge in [-0.15, -0.1) is 0 Å². The number of carbonyl (C=O) groups is 1. The Balaban J connectivity index is 1.81. The molecule has 132 valence electrons. The van der Waals surface area contributed by atoms with Gasteiger partial charge in [-0.2, -0.15) is 0 Å². The number of pyridine rings is 1. The molecule has 2 aromatic carbocycles. The van der Waals surface area contributed by atoms with E-state index in [-0.39, 0.29) is 5.91 Å². The molecule has 7 heteroatoms. The van der Waals surface area contributed by atoms with E-state index in [4.69, 9.17) is 27.9 Å². The predicted octanol–water partition coefficient (Wildman–Crippen LogP) is 5.39. The smallest absolute Gasteiger partial charge is 0.257 e. The van der Waals surface area contributed by atoms with Gasteiger partial charge < -0.3 is 15.4 Å². The summed E-state index contributed by atoms with van der Waals surface area (Å²) in [5.41, 5.74) is 2.23. The quantitative estimate of drug-likeness (QED) is 0.615. The molecule has 0 spiro atoms. The SMILES string of the molecule is COc1ccc(Cl)cc1NC(=O)c1cncc(Nc2ccccc2Cl)c1. The van der Waals surface area contributed by atoms with E-state index in [1.807, 2.05) is 18.2 Å². The van der Waals surface area contributed by atoms with Crippen LogP contribution >= 0.6 is 23.2 Å². The molecule has 1 amide bonds. The Labute approximate surface area is 160 Å². The molecule has 5 nitrogen and oxygen atoms in total. The first kappa shape index (κ1) is 18.0. The van der Waals surface area contributed by atoms with E-state index < -0.39 is 0 Å². The molecule has 0 unspecified atom stereocenters. The van der Waals surface area contributed by atoms with Crippen molar-refractivity contribution in [2.75, 3.05) is 17.7 Å². The van der Waals surface area contributed by atoms with Crippen molar-refractivity contribution < 1.29 is 9.53 Å². The zero-order valence-electron chi connectivity index (χ0n) is 13.8. The summed E-state index contributed by atoms with van der Waals surface area (Å²) in [6, 6.07) is 14.0. The standard InChI is InChI=1S/C19H15Cl2N3O2/c1-26-18-7-6-13(20)9-17(18)24-19(25)12-8-14(11-22-10-12)23-16-5-3-2-4-15(16)21/h2-11,23H,1H3,(H,24,25). The van der Waals surface area contributed by atoms with Crippen LogP contribution in [-0.2, 0) is 0 Å². The molecule has 0 aliphatic carbocycles. The molecule has 1 heterocycles. The highest BCUT2D eigenvalue weighted by Gasteiger charge is 2.12. The maximum absolute atomic E-state index is 12.6. The summed E-state index contributed by atoms with van der Waals surface area (Å²) < 4.78 is 5.24. The van der Waals surface area contributed by atoms with Crippen LogP contribution in [0, 0.1) is 0 Å². The summed E-state index contributed by atoms with van der Waals surface area (Å²) in [6.45, 7) is 0. The highest BCUT2D eigenvalue weighted by atomic mass is 35.5. The first-order valence-corrected chi connectivity index (χ1v) is 8.44. The highest BCUT2D eigenvalue weighted by molar-refractivity contribution is 6.33. The van der Waals surface area contributed by atoms with Crippen LogP contribution in [-0.4, -0.2) is 18.0 Å². The second kappa shape index (κ2) is 8.08. The second-order valence-corrected chi connectivity index (χ2v) is 6.21. The van der Waals surface area contributed by atoms with Gasteiger partial charge in [-0.25, -0.2) is 0 Å². The lowest BCUT2D eigenvalue weighted by molar-refractivity contribution is 0.102. The summed E-state index contributed by atoms with van der Waals surface area (Å²) in [7, 11) is 1.52. The van der Waals surface area contributed by atoms with Gasteiger partial charge in [0.1, 0.15) is 5.75 Å². The third-order valence-electron chi connectivity index (χ3n) is 3.56. The van der Waals surface area contributed by atoms with Gasteiger partial charge in [0.05, 0.1) is 41.0 Å². The third kappa shape index (κ3) is 4.25. The Morgan fingerprint density at radius 2 is 1.85 bits per heavy atom. The van der Waals surface area contributed by atoms with Crippen LogP contribution in [0.5, 0.6) is 5.75 Å². The average molecular weight is 388 g/mol. The Morgan fingerprint density at radius 3 is 2.62 bits per heavy atom. The van der Waals surface area contributed by atoms with E-state index in [1.165, 1.54) is 13.3 Å². The maximum Gasteiger partial charge on any atom is 0.257 e. The van der Waals surface area contributed by atoms with Crippen molar-refractivity contribution in [3.05, 3.63) is 76.5 Å². The number of aromatic nitrogens is 1. The summed E-state index contributed by atoms with van der Waals surface area (Å²) in [6.07, 6.45) is 3.09. The first-order chi connectivity index (χ1) is 12.6. The minimum atomic E-state index is -0.333. The van der Waals surface area contributed by atoms with Crippen LogP contribution in [0.25, 0.3) is 0 Å². The summed E-state index contributed by atoms with van der Waals surface area (Å²) in [5, 5.41) is 6.99. The first-order valence-electron chi connectivity index (χ1n) is 7.68. The molecule has 0 atom stereocenters. The van der Waals surface area contributed by atoms with Crippen molar-refractivity contribution in [1.29, 1.82) is 0 Å². The molecule has 0 bridgehead atoms. The lowest BCUT2D eigenvalue weighted by atomic mass is 10.2. The van der Waals surface area contributed by atoms with Crippen molar-refractivity contribution in [2.24, 2.45) is 0 Å². The molecule has 0 aliphatic heterocycles. The van der Waals surface area contributed by atoms with E-state index in [2.05, 4.69) is 15.6 Å². The summed E-state index contributed by atoms with van der Waals surface area (Å²) in [5.74, 6) is 0.182.